The molecule has 146 valence electrons. The molecule has 8 heteroatoms. The minimum Gasteiger partial charge on any atom is -0.495 e. The largest absolute Gasteiger partial charge is 0.495 e. The summed E-state index contributed by atoms with van der Waals surface area (Å²) in [6, 6.07) is 14.4. The van der Waals surface area contributed by atoms with Gasteiger partial charge in [0.05, 0.1) is 25.9 Å². The zero-order valence-electron chi connectivity index (χ0n) is 15.7. The molecule has 0 fully saturated rings. The quantitative estimate of drug-likeness (QED) is 0.618. The zero-order chi connectivity index (χ0) is 19.9. The lowest BCUT2D eigenvalue weighted by Crippen LogP contribution is -2.33. The Morgan fingerprint density at radius 2 is 1.93 bits per heavy atom. The van der Waals surface area contributed by atoms with Crippen LogP contribution in [0.1, 0.15) is 12.8 Å². The number of rotatable bonds is 8. The molecule has 0 radical (unpaired) electrons. The number of aromatic nitrogens is 2. The van der Waals surface area contributed by atoms with Gasteiger partial charge in [0.25, 0.3) is 0 Å². The second-order valence-electron chi connectivity index (χ2n) is 6.06. The Kier molecular flexibility index (Phi) is 6.62. The van der Waals surface area contributed by atoms with E-state index in [9.17, 15) is 4.79 Å². The van der Waals surface area contributed by atoms with Crippen molar-refractivity contribution in [3.05, 3.63) is 59.4 Å². The van der Waals surface area contributed by atoms with E-state index in [2.05, 4.69) is 15.5 Å². The van der Waals surface area contributed by atoms with E-state index in [1.807, 2.05) is 36.1 Å². The zero-order valence-corrected chi connectivity index (χ0v) is 16.4. The summed E-state index contributed by atoms with van der Waals surface area (Å²) in [5.74, 6) is 1.32. The SMILES string of the molecule is CCN(CC(=O)Nc1ccccc1OC)Cc1nnc(-c2ccc(Cl)cc2)o1. The van der Waals surface area contributed by atoms with Gasteiger partial charge in [-0.2, -0.15) is 0 Å². The maximum Gasteiger partial charge on any atom is 0.247 e. The smallest absolute Gasteiger partial charge is 0.247 e. The third kappa shape index (κ3) is 5.09. The van der Waals surface area contributed by atoms with Crippen molar-refractivity contribution in [3.63, 3.8) is 0 Å². The minimum absolute atomic E-state index is 0.149. The van der Waals surface area contributed by atoms with Crippen molar-refractivity contribution in [2.45, 2.75) is 13.5 Å². The molecule has 7 nitrogen and oxygen atoms in total. The Balaban J connectivity index is 1.61. The first-order valence-electron chi connectivity index (χ1n) is 8.82. The molecule has 1 heterocycles. The van der Waals surface area contributed by atoms with Crippen molar-refractivity contribution in [3.8, 4) is 17.2 Å². The van der Waals surface area contributed by atoms with Gasteiger partial charge in [-0.1, -0.05) is 30.7 Å². The summed E-state index contributed by atoms with van der Waals surface area (Å²) in [5, 5.41) is 11.7. The maximum absolute atomic E-state index is 12.4. The van der Waals surface area contributed by atoms with Gasteiger partial charge in [0.1, 0.15) is 5.75 Å². The van der Waals surface area contributed by atoms with Gasteiger partial charge in [0.15, 0.2) is 0 Å². The van der Waals surface area contributed by atoms with Crippen molar-refractivity contribution in [1.82, 2.24) is 15.1 Å². The lowest BCUT2D eigenvalue weighted by atomic mass is 10.2. The fourth-order valence-electron chi connectivity index (χ4n) is 2.64. The second-order valence-corrected chi connectivity index (χ2v) is 6.50. The summed E-state index contributed by atoms with van der Waals surface area (Å²) in [6.07, 6.45) is 0. The topological polar surface area (TPSA) is 80.5 Å². The molecule has 0 aliphatic heterocycles. The number of hydrogen-bond acceptors (Lipinski definition) is 6. The average molecular weight is 401 g/mol. The van der Waals surface area contributed by atoms with Crippen LogP contribution in [0.25, 0.3) is 11.5 Å². The average Bonchev–Trinajstić information content (AvgIpc) is 3.17. The summed E-state index contributed by atoms with van der Waals surface area (Å²) < 4.78 is 11.0. The van der Waals surface area contributed by atoms with Crippen molar-refractivity contribution < 1.29 is 13.9 Å². The van der Waals surface area contributed by atoms with Crippen LogP contribution in [0, 0.1) is 0 Å². The Bertz CT molecular complexity index is 927. The van der Waals surface area contributed by atoms with Crippen LogP contribution in [0.5, 0.6) is 5.75 Å². The molecule has 0 spiro atoms. The number of hydrogen-bond donors (Lipinski definition) is 1. The summed E-state index contributed by atoms with van der Waals surface area (Å²) in [7, 11) is 1.57. The normalized spacial score (nSPS) is 10.9. The van der Waals surface area contributed by atoms with Gasteiger partial charge in [-0.15, -0.1) is 10.2 Å². The molecule has 2 aromatic carbocycles. The van der Waals surface area contributed by atoms with Gasteiger partial charge in [-0.3, -0.25) is 9.69 Å². The molecule has 0 unspecified atom stereocenters. The van der Waals surface area contributed by atoms with E-state index < -0.39 is 0 Å². The maximum atomic E-state index is 12.4. The van der Waals surface area contributed by atoms with Crippen LogP contribution in [0.3, 0.4) is 0 Å². The monoisotopic (exact) mass is 400 g/mol. The molecule has 0 aliphatic carbocycles. The molecule has 0 atom stereocenters. The summed E-state index contributed by atoms with van der Waals surface area (Å²) in [6.45, 7) is 3.18. The Morgan fingerprint density at radius 3 is 2.64 bits per heavy atom. The van der Waals surface area contributed by atoms with Gasteiger partial charge >= 0.3 is 0 Å². The molecule has 3 rings (SSSR count). The molecule has 0 aliphatic rings. The van der Waals surface area contributed by atoms with Crippen molar-refractivity contribution in [1.29, 1.82) is 0 Å². The molecule has 0 saturated carbocycles. The van der Waals surface area contributed by atoms with E-state index in [1.54, 1.807) is 31.4 Å². The molecular weight excluding hydrogens is 380 g/mol. The van der Waals surface area contributed by atoms with Gasteiger partial charge in [0.2, 0.25) is 17.7 Å². The molecule has 0 bridgehead atoms. The highest BCUT2D eigenvalue weighted by Crippen LogP contribution is 2.23. The standard InChI is InChI=1S/C20H21ClN4O3/c1-3-25(12-18(26)22-16-6-4-5-7-17(16)27-2)13-19-23-24-20(28-19)14-8-10-15(21)11-9-14/h4-11H,3,12-13H2,1-2H3,(H,22,26). The molecule has 3 aromatic rings. The van der Waals surface area contributed by atoms with E-state index in [-0.39, 0.29) is 12.5 Å². The summed E-state index contributed by atoms with van der Waals surface area (Å²) in [4.78, 5) is 14.3. The molecule has 1 N–H and O–H groups in total. The van der Waals surface area contributed by atoms with Crippen molar-refractivity contribution in [2.24, 2.45) is 0 Å². The number of likely N-dealkylation sites (N-methyl/N-ethyl adjacent to an activating group) is 1. The van der Waals surface area contributed by atoms with E-state index in [0.29, 0.717) is 41.3 Å². The molecule has 1 aromatic heterocycles. The van der Waals surface area contributed by atoms with Gasteiger partial charge in [-0.05, 0) is 42.9 Å². The number of para-hydroxylation sites is 2. The number of carbonyl (C=O) groups is 1. The predicted molar refractivity (Wildman–Crippen MR) is 107 cm³/mol. The van der Waals surface area contributed by atoms with Gasteiger partial charge in [0, 0.05) is 10.6 Å². The molecule has 1 amide bonds. The van der Waals surface area contributed by atoms with E-state index >= 15 is 0 Å². The highest BCUT2D eigenvalue weighted by Gasteiger charge is 2.15. The number of halogens is 1. The third-order valence-electron chi connectivity index (χ3n) is 4.11. The first-order valence-corrected chi connectivity index (χ1v) is 9.20. The Labute approximate surface area is 168 Å². The van der Waals surface area contributed by atoms with Crippen molar-refractivity contribution >= 4 is 23.2 Å². The Hall–Kier alpha value is -2.90. The summed E-state index contributed by atoms with van der Waals surface area (Å²) in [5.41, 5.74) is 1.42. The fourth-order valence-corrected chi connectivity index (χ4v) is 2.76. The van der Waals surface area contributed by atoms with E-state index in [0.717, 1.165) is 5.56 Å². The number of ether oxygens (including phenoxy) is 1. The van der Waals surface area contributed by atoms with Crippen LogP contribution in [-0.2, 0) is 11.3 Å². The number of carbonyl (C=O) groups excluding carboxylic acids is 1. The number of benzene rings is 2. The van der Waals surface area contributed by atoms with E-state index in [1.165, 1.54) is 0 Å². The van der Waals surface area contributed by atoms with Crippen LogP contribution in [0.15, 0.2) is 52.9 Å². The van der Waals surface area contributed by atoms with Gasteiger partial charge in [-0.25, -0.2) is 0 Å². The fraction of sp³-hybridized carbons (Fsp3) is 0.250. The van der Waals surface area contributed by atoms with Crippen molar-refractivity contribution in [2.75, 3.05) is 25.5 Å². The molecule has 0 saturated heterocycles. The lowest BCUT2D eigenvalue weighted by molar-refractivity contribution is -0.117. The third-order valence-corrected chi connectivity index (χ3v) is 4.36. The second kappa shape index (κ2) is 9.34. The highest BCUT2D eigenvalue weighted by atomic mass is 35.5. The van der Waals surface area contributed by atoms with Crippen LogP contribution in [-0.4, -0.2) is 41.2 Å². The number of amides is 1. The van der Waals surface area contributed by atoms with Crippen LogP contribution < -0.4 is 10.1 Å². The van der Waals surface area contributed by atoms with Gasteiger partial charge < -0.3 is 14.5 Å². The number of methoxy groups -OCH3 is 1. The molecular formula is C20H21ClN4O3. The van der Waals surface area contributed by atoms with Crippen LogP contribution >= 0.6 is 11.6 Å². The van der Waals surface area contributed by atoms with E-state index in [4.69, 9.17) is 20.8 Å². The number of anilines is 1. The predicted octanol–water partition coefficient (Wildman–Crippen LogP) is 3.86. The number of nitrogens with one attached hydrogen (secondary N) is 1. The summed E-state index contributed by atoms with van der Waals surface area (Å²) >= 11 is 5.90. The molecule has 28 heavy (non-hydrogen) atoms. The van der Waals surface area contributed by atoms with Crippen LogP contribution in [0.4, 0.5) is 5.69 Å². The van der Waals surface area contributed by atoms with Crippen LogP contribution in [0.2, 0.25) is 5.02 Å². The first-order chi connectivity index (χ1) is 13.6. The Morgan fingerprint density at radius 1 is 1.18 bits per heavy atom. The lowest BCUT2D eigenvalue weighted by Gasteiger charge is -2.18. The number of nitrogens with zero attached hydrogens (tertiary/aromatic N) is 3. The highest BCUT2D eigenvalue weighted by molar-refractivity contribution is 6.30. The first kappa shape index (κ1) is 19.9. The minimum atomic E-state index is -0.149.